The second-order valence-electron chi connectivity index (χ2n) is 5.60. The SMILES string of the molecule is COc1ccc(-c2cc(CN=[N+]=[N-])cc(N3CCOC3=O)c2)ccc1=O. The van der Waals surface area contributed by atoms with Gasteiger partial charge in [0, 0.05) is 10.6 Å². The number of methoxy groups -OCH3 is 1. The van der Waals surface area contributed by atoms with E-state index in [0.717, 1.165) is 16.7 Å². The van der Waals surface area contributed by atoms with Crippen LogP contribution in [0.25, 0.3) is 21.6 Å². The first-order valence-electron chi connectivity index (χ1n) is 7.90. The number of carbonyl (C=O) groups excluding carboxylic acids is 1. The van der Waals surface area contributed by atoms with E-state index in [1.54, 1.807) is 24.3 Å². The van der Waals surface area contributed by atoms with Crippen LogP contribution in [0.4, 0.5) is 10.5 Å². The van der Waals surface area contributed by atoms with Crippen molar-refractivity contribution < 1.29 is 14.3 Å². The summed E-state index contributed by atoms with van der Waals surface area (Å²) < 4.78 is 10.0. The van der Waals surface area contributed by atoms with E-state index < -0.39 is 6.09 Å². The van der Waals surface area contributed by atoms with Gasteiger partial charge in [0.25, 0.3) is 0 Å². The zero-order valence-electron chi connectivity index (χ0n) is 14.1. The summed E-state index contributed by atoms with van der Waals surface area (Å²) in [6.07, 6.45) is -0.418. The molecule has 0 aromatic heterocycles. The fourth-order valence-electron chi connectivity index (χ4n) is 2.74. The average Bonchev–Trinajstić information content (AvgIpc) is 2.98. The Balaban J connectivity index is 2.11. The molecule has 0 spiro atoms. The molecule has 0 aliphatic carbocycles. The zero-order valence-corrected chi connectivity index (χ0v) is 14.1. The van der Waals surface area contributed by atoms with Crippen LogP contribution in [0.1, 0.15) is 5.56 Å². The molecule has 2 aromatic rings. The quantitative estimate of drug-likeness (QED) is 0.466. The highest BCUT2D eigenvalue weighted by Crippen LogP contribution is 2.29. The van der Waals surface area contributed by atoms with E-state index in [1.807, 2.05) is 12.1 Å². The summed E-state index contributed by atoms with van der Waals surface area (Å²) in [6, 6.07) is 11.9. The van der Waals surface area contributed by atoms with Gasteiger partial charge in [-0.15, -0.1) is 0 Å². The molecule has 132 valence electrons. The van der Waals surface area contributed by atoms with Crippen molar-refractivity contribution in [1.29, 1.82) is 0 Å². The zero-order chi connectivity index (χ0) is 18.5. The van der Waals surface area contributed by atoms with Gasteiger partial charge >= 0.3 is 6.09 Å². The normalized spacial score (nSPS) is 13.1. The van der Waals surface area contributed by atoms with E-state index in [2.05, 4.69) is 10.0 Å². The van der Waals surface area contributed by atoms with E-state index >= 15 is 0 Å². The maximum atomic E-state index is 11.9. The van der Waals surface area contributed by atoms with Crippen molar-refractivity contribution in [2.75, 3.05) is 25.2 Å². The van der Waals surface area contributed by atoms with Crippen molar-refractivity contribution in [3.05, 3.63) is 68.7 Å². The molecule has 0 N–H and O–H groups in total. The van der Waals surface area contributed by atoms with E-state index in [0.29, 0.717) is 18.8 Å². The van der Waals surface area contributed by atoms with Crippen LogP contribution in [0.15, 0.2) is 52.4 Å². The topological polar surface area (TPSA) is 105 Å². The number of nitrogens with zero attached hydrogens (tertiary/aromatic N) is 4. The molecule has 0 saturated carbocycles. The van der Waals surface area contributed by atoms with Gasteiger partial charge in [-0.05, 0) is 46.5 Å². The van der Waals surface area contributed by atoms with Crippen molar-refractivity contribution in [2.45, 2.75) is 6.54 Å². The van der Waals surface area contributed by atoms with Crippen LogP contribution in [-0.2, 0) is 11.3 Å². The van der Waals surface area contributed by atoms with Gasteiger partial charge in [0.05, 0.1) is 20.2 Å². The lowest BCUT2D eigenvalue weighted by molar-refractivity contribution is 0.181. The number of rotatable bonds is 5. The predicted molar refractivity (Wildman–Crippen MR) is 96.2 cm³/mol. The van der Waals surface area contributed by atoms with E-state index in [-0.39, 0.29) is 17.7 Å². The summed E-state index contributed by atoms with van der Waals surface area (Å²) in [5.41, 5.74) is 11.3. The van der Waals surface area contributed by atoms with Gasteiger partial charge in [0.1, 0.15) is 6.61 Å². The Kier molecular flexibility index (Phi) is 5.05. The van der Waals surface area contributed by atoms with E-state index in [9.17, 15) is 9.59 Å². The van der Waals surface area contributed by atoms with Gasteiger partial charge < -0.3 is 9.47 Å². The maximum absolute atomic E-state index is 11.9. The molecule has 1 fully saturated rings. The lowest BCUT2D eigenvalue weighted by Crippen LogP contribution is -2.23. The molecule has 8 nitrogen and oxygen atoms in total. The summed E-state index contributed by atoms with van der Waals surface area (Å²) in [5, 5.41) is 3.59. The van der Waals surface area contributed by atoms with Crippen LogP contribution in [0, 0.1) is 0 Å². The molecule has 2 aromatic carbocycles. The molecule has 1 amide bonds. The number of hydrogen-bond donors (Lipinski definition) is 0. The van der Waals surface area contributed by atoms with Crippen molar-refractivity contribution in [3.8, 4) is 16.9 Å². The molecule has 0 bridgehead atoms. The largest absolute Gasteiger partial charge is 0.493 e. The molecule has 1 saturated heterocycles. The van der Waals surface area contributed by atoms with Gasteiger partial charge in [-0.25, -0.2) is 4.79 Å². The molecule has 3 rings (SSSR count). The summed E-state index contributed by atoms with van der Waals surface area (Å²) in [7, 11) is 1.44. The molecule has 0 atom stereocenters. The van der Waals surface area contributed by atoms with Crippen molar-refractivity contribution in [3.63, 3.8) is 0 Å². The Labute approximate surface area is 149 Å². The second-order valence-corrected chi connectivity index (χ2v) is 5.60. The smallest absolute Gasteiger partial charge is 0.414 e. The van der Waals surface area contributed by atoms with Gasteiger partial charge in [0.15, 0.2) is 5.75 Å². The minimum Gasteiger partial charge on any atom is -0.493 e. The van der Waals surface area contributed by atoms with Crippen molar-refractivity contribution in [2.24, 2.45) is 5.11 Å². The van der Waals surface area contributed by atoms with Gasteiger partial charge in [0.2, 0.25) is 5.43 Å². The van der Waals surface area contributed by atoms with Crippen LogP contribution in [0.2, 0.25) is 0 Å². The fourth-order valence-corrected chi connectivity index (χ4v) is 2.74. The monoisotopic (exact) mass is 352 g/mol. The van der Waals surface area contributed by atoms with Crippen molar-refractivity contribution >= 4 is 11.8 Å². The molecular weight excluding hydrogens is 336 g/mol. The van der Waals surface area contributed by atoms with Crippen LogP contribution < -0.4 is 15.1 Å². The van der Waals surface area contributed by atoms with Crippen LogP contribution in [0.5, 0.6) is 5.75 Å². The molecule has 1 aliphatic heterocycles. The summed E-state index contributed by atoms with van der Waals surface area (Å²) >= 11 is 0. The first-order valence-corrected chi connectivity index (χ1v) is 7.90. The van der Waals surface area contributed by atoms with Crippen LogP contribution in [0.3, 0.4) is 0 Å². The van der Waals surface area contributed by atoms with E-state index in [4.69, 9.17) is 15.0 Å². The standard InChI is InChI=1S/C18H16N4O4/c1-25-17-5-3-13(2-4-16(17)23)14-8-12(11-20-21-19)9-15(10-14)22-6-7-26-18(22)24/h2-5,8-10H,6-7,11H2,1H3. The third kappa shape index (κ3) is 3.60. The Morgan fingerprint density at radius 3 is 2.69 bits per heavy atom. The minimum absolute atomic E-state index is 0.148. The molecular formula is C18H16N4O4. The summed E-state index contributed by atoms with van der Waals surface area (Å²) in [5.74, 6) is 0.241. The van der Waals surface area contributed by atoms with Crippen LogP contribution in [-0.4, -0.2) is 26.4 Å². The third-order valence-corrected chi connectivity index (χ3v) is 3.99. The Morgan fingerprint density at radius 2 is 2.00 bits per heavy atom. The minimum atomic E-state index is -0.418. The maximum Gasteiger partial charge on any atom is 0.414 e. The Hall–Kier alpha value is -3.51. The first-order chi connectivity index (χ1) is 12.6. The van der Waals surface area contributed by atoms with Gasteiger partial charge in [-0.3, -0.25) is 9.69 Å². The van der Waals surface area contributed by atoms with Gasteiger partial charge in [-0.2, -0.15) is 0 Å². The number of benzene rings is 1. The molecule has 1 heterocycles. The molecule has 0 radical (unpaired) electrons. The number of anilines is 1. The summed E-state index contributed by atoms with van der Waals surface area (Å²) in [4.78, 5) is 28.1. The number of ether oxygens (including phenoxy) is 2. The Bertz CT molecular complexity index is 954. The van der Waals surface area contributed by atoms with Gasteiger partial charge in [-0.1, -0.05) is 23.3 Å². The number of azide groups is 1. The lowest BCUT2D eigenvalue weighted by atomic mass is 10.0. The Morgan fingerprint density at radius 1 is 1.19 bits per heavy atom. The fraction of sp³-hybridized carbons (Fsp3) is 0.222. The molecule has 0 unspecified atom stereocenters. The first kappa shape index (κ1) is 17.3. The number of carbonyl (C=O) groups is 1. The number of hydrogen-bond acceptors (Lipinski definition) is 5. The average molecular weight is 352 g/mol. The van der Waals surface area contributed by atoms with E-state index in [1.165, 1.54) is 18.1 Å². The summed E-state index contributed by atoms with van der Waals surface area (Å²) in [6.45, 7) is 0.922. The second kappa shape index (κ2) is 7.58. The third-order valence-electron chi connectivity index (χ3n) is 3.99. The van der Waals surface area contributed by atoms with Crippen molar-refractivity contribution in [1.82, 2.24) is 0 Å². The predicted octanol–water partition coefficient (Wildman–Crippen LogP) is 3.49. The molecule has 1 aliphatic rings. The molecule has 8 heteroatoms. The highest BCUT2D eigenvalue weighted by molar-refractivity contribution is 5.90. The highest BCUT2D eigenvalue weighted by Gasteiger charge is 2.24. The number of cyclic esters (lactones) is 1. The lowest BCUT2D eigenvalue weighted by Gasteiger charge is -2.15. The molecule has 26 heavy (non-hydrogen) atoms. The van der Waals surface area contributed by atoms with Crippen LogP contribution >= 0.6 is 0 Å². The highest BCUT2D eigenvalue weighted by atomic mass is 16.6. The number of amides is 1.